The number of carboxylic acid groups (broad SMARTS) is 2. The molecule has 0 amide bonds. The van der Waals surface area contributed by atoms with Crippen molar-refractivity contribution in [2.75, 3.05) is 37.6 Å². The average Bonchev–Trinajstić information content (AvgIpc) is 3.16. The normalized spacial score (nSPS) is 14.6. The minimum absolute atomic E-state index is 0.121. The number of hydrogen-bond donors (Lipinski definition) is 3. The summed E-state index contributed by atoms with van der Waals surface area (Å²) in [7, 11) is 0. The predicted octanol–water partition coefficient (Wildman–Crippen LogP) is 2.88. The summed E-state index contributed by atoms with van der Waals surface area (Å²) in [5.74, 6) is -2.51. The molecule has 0 saturated carbocycles. The van der Waals surface area contributed by atoms with E-state index in [1.54, 1.807) is 10.6 Å². The lowest BCUT2D eigenvalue weighted by Gasteiger charge is -2.36. The summed E-state index contributed by atoms with van der Waals surface area (Å²) in [5, 5.41) is 15.6. The number of H-pyrrole nitrogens is 1. The van der Waals surface area contributed by atoms with Gasteiger partial charge in [0.1, 0.15) is 0 Å². The Balaban J connectivity index is 0.000000392. The monoisotopic (exact) mass is 506 g/mol. The lowest BCUT2D eigenvalue weighted by Crippen LogP contribution is -2.47. The topological polar surface area (TPSA) is 119 Å². The third-order valence-corrected chi connectivity index (χ3v) is 5.60. The first kappa shape index (κ1) is 26.5. The largest absolute Gasteiger partial charge is 0.478 e. The number of nitrogens with zero attached hydrogens (tertiary/aromatic N) is 3. The van der Waals surface area contributed by atoms with E-state index in [1.165, 1.54) is 12.1 Å². The minimum Gasteiger partial charge on any atom is -0.478 e. The number of nitrogens with one attached hydrogen (secondary N) is 1. The molecule has 192 valence electrons. The molecule has 1 saturated heterocycles. The van der Waals surface area contributed by atoms with Crippen LogP contribution in [0, 0.1) is 0 Å². The van der Waals surface area contributed by atoms with E-state index in [-0.39, 0.29) is 5.69 Å². The summed E-state index contributed by atoms with van der Waals surface area (Å²) in [4.78, 5) is 38.3. The van der Waals surface area contributed by atoms with Crippen LogP contribution in [0.2, 0.25) is 0 Å². The summed E-state index contributed by atoms with van der Waals surface area (Å²) >= 11 is 0. The number of para-hydroxylation sites is 2. The fourth-order valence-corrected chi connectivity index (χ4v) is 3.82. The molecule has 2 heterocycles. The molecule has 3 N–H and O–H groups in total. The predicted molar refractivity (Wildman–Crippen MR) is 127 cm³/mol. The van der Waals surface area contributed by atoms with Crippen LogP contribution in [-0.4, -0.2) is 69.3 Å². The van der Waals surface area contributed by atoms with E-state index in [1.807, 2.05) is 29.2 Å². The van der Waals surface area contributed by atoms with Crippen LogP contribution >= 0.6 is 0 Å². The van der Waals surface area contributed by atoms with Crippen molar-refractivity contribution in [1.82, 2.24) is 14.5 Å². The number of imidazole rings is 1. The van der Waals surface area contributed by atoms with Gasteiger partial charge in [-0.2, -0.15) is 13.2 Å². The van der Waals surface area contributed by atoms with Gasteiger partial charge in [0.2, 0.25) is 0 Å². The molecule has 2 aromatic carbocycles. The summed E-state index contributed by atoms with van der Waals surface area (Å²) in [5.41, 5.74) is 1.56. The van der Waals surface area contributed by atoms with Gasteiger partial charge in [-0.05, 0) is 30.3 Å². The Kier molecular flexibility index (Phi) is 8.54. The highest BCUT2D eigenvalue weighted by molar-refractivity contribution is 5.89. The lowest BCUT2D eigenvalue weighted by atomic mass is 10.1. The van der Waals surface area contributed by atoms with E-state index in [2.05, 4.69) is 9.88 Å². The van der Waals surface area contributed by atoms with Gasteiger partial charge in [0.25, 0.3) is 0 Å². The second-order valence-electron chi connectivity index (χ2n) is 7.99. The Labute approximate surface area is 203 Å². The maximum absolute atomic E-state index is 12.9. The summed E-state index contributed by atoms with van der Waals surface area (Å²) < 4.78 is 40.5. The zero-order chi connectivity index (χ0) is 26.3. The second kappa shape index (κ2) is 11.6. The highest BCUT2D eigenvalue weighted by atomic mass is 19.4. The molecule has 1 aliphatic heterocycles. The van der Waals surface area contributed by atoms with Crippen LogP contribution in [0.3, 0.4) is 0 Å². The standard InChI is InChI=1S/C20H21F3N4O.C4H4O4/c21-20(22,23)15-4-3-5-16(14-15)26-11-8-25(9-12-26)10-13-27-18-7-2-1-6-17(18)24-19(27)28;5-3(6)1-2-4(7)8/h1-7,14H,8-13H2,(H,24,28);1-2H,(H,5,6)(H,7,8)/b;2-1-. The van der Waals surface area contributed by atoms with Crippen molar-refractivity contribution in [2.24, 2.45) is 0 Å². The first-order valence-electron chi connectivity index (χ1n) is 11.0. The number of alkyl halides is 3. The third kappa shape index (κ3) is 7.22. The molecule has 0 bridgehead atoms. The molecule has 4 rings (SSSR count). The molecular weight excluding hydrogens is 481 g/mol. The molecule has 36 heavy (non-hydrogen) atoms. The molecule has 1 fully saturated rings. The number of rotatable bonds is 6. The Hall–Kier alpha value is -4.06. The van der Waals surface area contributed by atoms with Gasteiger partial charge >= 0.3 is 23.8 Å². The van der Waals surface area contributed by atoms with Crippen molar-refractivity contribution in [3.05, 3.63) is 76.7 Å². The SMILES string of the molecule is O=C(O)/C=C\C(=O)O.O=c1[nH]c2ccccc2n1CCN1CCN(c2cccc(C(F)(F)F)c2)CC1. The van der Waals surface area contributed by atoms with Gasteiger partial charge in [-0.25, -0.2) is 14.4 Å². The molecule has 1 aromatic heterocycles. The molecular formula is C24H25F3N4O5. The number of carboxylic acids is 2. The first-order valence-corrected chi connectivity index (χ1v) is 11.0. The van der Waals surface area contributed by atoms with E-state index < -0.39 is 23.7 Å². The van der Waals surface area contributed by atoms with Crippen molar-refractivity contribution in [3.8, 4) is 0 Å². The highest BCUT2D eigenvalue weighted by Gasteiger charge is 2.31. The molecule has 3 aromatic rings. The zero-order valence-corrected chi connectivity index (χ0v) is 19.1. The number of anilines is 1. The van der Waals surface area contributed by atoms with Gasteiger partial charge in [0.05, 0.1) is 16.6 Å². The number of fused-ring (bicyclic) bond motifs is 1. The molecule has 1 aliphatic rings. The van der Waals surface area contributed by atoms with Crippen LogP contribution in [0.4, 0.5) is 18.9 Å². The molecule has 0 aliphatic carbocycles. The minimum atomic E-state index is -4.33. The fourth-order valence-electron chi connectivity index (χ4n) is 3.82. The van der Waals surface area contributed by atoms with E-state index in [0.29, 0.717) is 37.5 Å². The lowest BCUT2D eigenvalue weighted by molar-refractivity contribution is -0.137. The molecule has 0 spiro atoms. The van der Waals surface area contributed by atoms with Crippen LogP contribution in [0.5, 0.6) is 0 Å². The number of aromatic amines is 1. The van der Waals surface area contributed by atoms with E-state index in [0.717, 1.165) is 36.7 Å². The molecule has 12 heteroatoms. The van der Waals surface area contributed by atoms with E-state index in [4.69, 9.17) is 10.2 Å². The molecule has 0 atom stereocenters. The van der Waals surface area contributed by atoms with Crippen LogP contribution in [0.25, 0.3) is 11.0 Å². The van der Waals surface area contributed by atoms with Crippen LogP contribution in [0.15, 0.2) is 65.5 Å². The van der Waals surface area contributed by atoms with E-state index in [9.17, 15) is 27.6 Å². The fraction of sp³-hybridized carbons (Fsp3) is 0.292. The van der Waals surface area contributed by atoms with Crippen LogP contribution < -0.4 is 10.6 Å². The van der Waals surface area contributed by atoms with Crippen molar-refractivity contribution >= 4 is 28.7 Å². The van der Waals surface area contributed by atoms with Gasteiger partial charge in [-0.15, -0.1) is 0 Å². The number of piperazine rings is 1. The van der Waals surface area contributed by atoms with Crippen LogP contribution in [-0.2, 0) is 22.3 Å². The molecule has 9 nitrogen and oxygen atoms in total. The summed E-state index contributed by atoms with van der Waals surface area (Å²) in [6.45, 7) is 4.10. The number of benzene rings is 2. The number of carbonyl (C=O) groups is 2. The van der Waals surface area contributed by atoms with Gasteiger partial charge < -0.3 is 20.1 Å². The zero-order valence-electron chi connectivity index (χ0n) is 19.1. The summed E-state index contributed by atoms with van der Waals surface area (Å²) in [6, 6.07) is 13.1. The number of halogens is 3. The first-order chi connectivity index (χ1) is 17.0. The summed E-state index contributed by atoms with van der Waals surface area (Å²) in [6.07, 6.45) is -3.21. The Morgan fingerprint density at radius 2 is 1.56 bits per heavy atom. The van der Waals surface area contributed by atoms with Crippen molar-refractivity contribution < 1.29 is 33.0 Å². The average molecular weight is 506 g/mol. The Bertz CT molecular complexity index is 1270. The van der Waals surface area contributed by atoms with Gasteiger partial charge in [0, 0.05) is 57.1 Å². The number of aliphatic carboxylic acids is 2. The van der Waals surface area contributed by atoms with Crippen molar-refractivity contribution in [2.45, 2.75) is 12.7 Å². The highest BCUT2D eigenvalue weighted by Crippen LogP contribution is 2.31. The Morgan fingerprint density at radius 1 is 0.917 bits per heavy atom. The number of hydrogen-bond acceptors (Lipinski definition) is 5. The quantitative estimate of drug-likeness (QED) is 0.440. The van der Waals surface area contributed by atoms with Crippen molar-refractivity contribution in [3.63, 3.8) is 0 Å². The van der Waals surface area contributed by atoms with Gasteiger partial charge in [0.15, 0.2) is 0 Å². The van der Waals surface area contributed by atoms with Crippen molar-refractivity contribution in [1.29, 1.82) is 0 Å². The van der Waals surface area contributed by atoms with E-state index >= 15 is 0 Å². The number of aromatic nitrogens is 2. The smallest absolute Gasteiger partial charge is 0.416 e. The second-order valence-corrected chi connectivity index (χ2v) is 7.99. The maximum atomic E-state index is 12.9. The molecule has 0 unspecified atom stereocenters. The van der Waals surface area contributed by atoms with Crippen LogP contribution in [0.1, 0.15) is 5.56 Å². The third-order valence-electron chi connectivity index (χ3n) is 5.60. The van der Waals surface area contributed by atoms with Gasteiger partial charge in [-0.3, -0.25) is 9.47 Å². The van der Waals surface area contributed by atoms with Gasteiger partial charge in [-0.1, -0.05) is 18.2 Å². The molecule has 0 radical (unpaired) electrons. The Morgan fingerprint density at radius 3 is 2.17 bits per heavy atom. The maximum Gasteiger partial charge on any atom is 0.416 e.